The van der Waals surface area contributed by atoms with Crippen molar-refractivity contribution >= 4 is 12.1 Å². The van der Waals surface area contributed by atoms with Gasteiger partial charge in [0, 0.05) is 0 Å². The average Bonchev–Trinajstić information content (AvgIpc) is 2.76. The molecule has 1 saturated heterocycles. The van der Waals surface area contributed by atoms with E-state index in [0.29, 0.717) is 6.54 Å². The van der Waals surface area contributed by atoms with Gasteiger partial charge in [-0.15, -0.1) is 0 Å². The molecule has 1 amide bonds. The molecule has 0 saturated carbocycles. The SMILES string of the molecule is COC(=O)N1C[C@]1(C)C(=O)OC. The molecule has 0 aromatic carbocycles. The highest BCUT2D eigenvalue weighted by molar-refractivity contribution is 5.91. The minimum Gasteiger partial charge on any atom is -0.467 e. The summed E-state index contributed by atoms with van der Waals surface area (Å²) in [5.74, 6) is -0.409. The summed E-state index contributed by atoms with van der Waals surface area (Å²) in [5.41, 5.74) is -0.804. The molecule has 5 heteroatoms. The lowest BCUT2D eigenvalue weighted by molar-refractivity contribution is -0.144. The summed E-state index contributed by atoms with van der Waals surface area (Å²) in [6.45, 7) is 2.00. The number of carbonyl (C=O) groups excluding carboxylic acids is 2. The molecule has 0 spiro atoms. The Hall–Kier alpha value is -1.26. The van der Waals surface area contributed by atoms with Gasteiger partial charge in [-0.05, 0) is 6.92 Å². The molecular formula is C7H11NO4. The fourth-order valence-electron chi connectivity index (χ4n) is 1.04. The van der Waals surface area contributed by atoms with Crippen molar-refractivity contribution in [1.29, 1.82) is 0 Å². The van der Waals surface area contributed by atoms with E-state index in [2.05, 4.69) is 9.47 Å². The van der Waals surface area contributed by atoms with Gasteiger partial charge in [0.1, 0.15) is 0 Å². The molecular weight excluding hydrogens is 162 g/mol. The molecule has 1 aliphatic rings. The van der Waals surface area contributed by atoms with Gasteiger partial charge in [0.2, 0.25) is 0 Å². The topological polar surface area (TPSA) is 55.6 Å². The van der Waals surface area contributed by atoms with Crippen LogP contribution in [-0.2, 0) is 14.3 Å². The molecule has 12 heavy (non-hydrogen) atoms. The van der Waals surface area contributed by atoms with Crippen molar-refractivity contribution in [2.75, 3.05) is 20.8 Å². The average molecular weight is 173 g/mol. The van der Waals surface area contributed by atoms with Crippen molar-refractivity contribution in [2.45, 2.75) is 12.5 Å². The Balaban J connectivity index is 2.59. The Morgan fingerprint density at radius 1 is 1.33 bits per heavy atom. The third-order valence-electron chi connectivity index (χ3n) is 1.98. The summed E-state index contributed by atoms with van der Waals surface area (Å²) < 4.78 is 8.96. The van der Waals surface area contributed by atoms with Crippen LogP contribution in [0.1, 0.15) is 6.92 Å². The number of ether oxygens (including phenoxy) is 2. The van der Waals surface area contributed by atoms with Gasteiger partial charge in [-0.3, -0.25) is 4.90 Å². The van der Waals surface area contributed by atoms with E-state index in [1.54, 1.807) is 6.92 Å². The van der Waals surface area contributed by atoms with Crippen molar-refractivity contribution in [3.05, 3.63) is 0 Å². The smallest absolute Gasteiger partial charge is 0.410 e. The van der Waals surface area contributed by atoms with E-state index in [1.165, 1.54) is 19.1 Å². The van der Waals surface area contributed by atoms with E-state index in [0.717, 1.165) is 0 Å². The largest absolute Gasteiger partial charge is 0.467 e. The first-order valence-corrected chi connectivity index (χ1v) is 3.50. The van der Waals surface area contributed by atoms with E-state index >= 15 is 0 Å². The lowest BCUT2D eigenvalue weighted by Gasteiger charge is -2.07. The first kappa shape index (κ1) is 8.83. The van der Waals surface area contributed by atoms with Gasteiger partial charge < -0.3 is 9.47 Å². The van der Waals surface area contributed by atoms with Gasteiger partial charge in [-0.2, -0.15) is 0 Å². The number of nitrogens with zero attached hydrogens (tertiary/aromatic N) is 1. The number of carbonyl (C=O) groups is 2. The lowest BCUT2D eigenvalue weighted by atomic mass is 10.2. The molecule has 0 radical (unpaired) electrons. The van der Waals surface area contributed by atoms with Crippen molar-refractivity contribution in [2.24, 2.45) is 0 Å². The van der Waals surface area contributed by atoms with Crippen LogP contribution in [0.15, 0.2) is 0 Å². The summed E-state index contributed by atoms with van der Waals surface area (Å²) in [5, 5.41) is 0. The highest BCUT2D eigenvalue weighted by atomic mass is 16.6. The zero-order valence-corrected chi connectivity index (χ0v) is 7.29. The Kier molecular flexibility index (Phi) is 1.95. The van der Waals surface area contributed by atoms with Crippen LogP contribution in [-0.4, -0.2) is 43.3 Å². The molecule has 1 rings (SSSR count). The quantitative estimate of drug-likeness (QED) is 0.413. The monoisotopic (exact) mass is 173 g/mol. The van der Waals surface area contributed by atoms with Crippen LogP contribution >= 0.6 is 0 Å². The standard InChI is InChI=1S/C7H11NO4/c1-7(5(9)11-2)4-8(7)6(10)12-3/h4H2,1-3H3/t7-,8?/m1/s1. The Morgan fingerprint density at radius 3 is 2.33 bits per heavy atom. The predicted molar refractivity (Wildman–Crippen MR) is 39.5 cm³/mol. The third-order valence-corrected chi connectivity index (χ3v) is 1.98. The minimum absolute atomic E-state index is 0.367. The van der Waals surface area contributed by atoms with E-state index in [1.807, 2.05) is 0 Å². The molecule has 5 nitrogen and oxygen atoms in total. The normalized spacial score (nSPS) is 26.4. The molecule has 0 aromatic rings. The molecule has 0 bridgehead atoms. The van der Waals surface area contributed by atoms with Gasteiger partial charge in [0.05, 0.1) is 20.8 Å². The summed E-state index contributed by atoms with van der Waals surface area (Å²) in [7, 11) is 2.57. The second-order valence-electron chi connectivity index (χ2n) is 2.82. The lowest BCUT2D eigenvalue weighted by Crippen LogP contribution is -2.30. The number of hydrogen-bond donors (Lipinski definition) is 0. The Labute approximate surface area is 70.2 Å². The van der Waals surface area contributed by atoms with Crippen molar-refractivity contribution in [3.8, 4) is 0 Å². The zero-order chi connectivity index (χ0) is 9.35. The van der Waals surface area contributed by atoms with Gasteiger partial charge >= 0.3 is 12.1 Å². The molecule has 68 valence electrons. The van der Waals surface area contributed by atoms with E-state index in [4.69, 9.17) is 0 Å². The fraction of sp³-hybridized carbons (Fsp3) is 0.714. The fourth-order valence-corrected chi connectivity index (χ4v) is 1.04. The second-order valence-corrected chi connectivity index (χ2v) is 2.82. The molecule has 0 aromatic heterocycles. The maximum absolute atomic E-state index is 11.1. The molecule has 0 N–H and O–H groups in total. The highest BCUT2D eigenvalue weighted by Gasteiger charge is 2.59. The Morgan fingerprint density at radius 2 is 1.92 bits per heavy atom. The first-order chi connectivity index (χ1) is 5.56. The van der Waals surface area contributed by atoms with E-state index < -0.39 is 17.6 Å². The third kappa shape index (κ3) is 1.11. The number of hydrogen-bond acceptors (Lipinski definition) is 4. The minimum atomic E-state index is -0.804. The maximum Gasteiger partial charge on any atom is 0.410 e. The van der Waals surface area contributed by atoms with Crippen LogP contribution in [0.5, 0.6) is 0 Å². The van der Waals surface area contributed by atoms with Crippen LogP contribution < -0.4 is 0 Å². The highest BCUT2D eigenvalue weighted by Crippen LogP contribution is 2.33. The Bertz CT molecular complexity index is 227. The van der Waals surface area contributed by atoms with Gasteiger partial charge in [0.25, 0.3) is 0 Å². The predicted octanol–water partition coefficient (Wildman–Crippen LogP) is 0.0001000. The van der Waals surface area contributed by atoms with Crippen LogP contribution in [0.3, 0.4) is 0 Å². The second kappa shape index (κ2) is 2.66. The molecule has 0 unspecified atom stereocenters. The molecule has 1 heterocycles. The zero-order valence-electron chi connectivity index (χ0n) is 7.29. The van der Waals surface area contributed by atoms with Crippen molar-refractivity contribution in [3.63, 3.8) is 0 Å². The number of esters is 1. The van der Waals surface area contributed by atoms with E-state index in [-0.39, 0.29) is 0 Å². The number of amides is 1. The molecule has 1 fully saturated rings. The molecule has 0 aliphatic carbocycles. The van der Waals surface area contributed by atoms with Crippen molar-refractivity contribution in [1.82, 2.24) is 4.90 Å². The molecule has 1 atom stereocenters. The van der Waals surface area contributed by atoms with Crippen molar-refractivity contribution < 1.29 is 19.1 Å². The summed E-state index contributed by atoms with van der Waals surface area (Å²) in [6, 6.07) is 0. The maximum atomic E-state index is 11.1. The van der Waals surface area contributed by atoms with Crippen LogP contribution in [0, 0.1) is 0 Å². The summed E-state index contributed by atoms with van der Waals surface area (Å²) in [6.07, 6.45) is -0.497. The molecule has 1 aliphatic heterocycles. The summed E-state index contributed by atoms with van der Waals surface area (Å²) in [4.78, 5) is 23.3. The number of rotatable bonds is 1. The first-order valence-electron chi connectivity index (χ1n) is 3.50. The van der Waals surface area contributed by atoms with Crippen LogP contribution in [0.4, 0.5) is 4.79 Å². The van der Waals surface area contributed by atoms with Gasteiger partial charge in [0.15, 0.2) is 5.54 Å². The van der Waals surface area contributed by atoms with Gasteiger partial charge in [-0.25, -0.2) is 9.59 Å². The van der Waals surface area contributed by atoms with Crippen LogP contribution in [0.25, 0.3) is 0 Å². The van der Waals surface area contributed by atoms with E-state index in [9.17, 15) is 9.59 Å². The van der Waals surface area contributed by atoms with Crippen LogP contribution in [0.2, 0.25) is 0 Å². The van der Waals surface area contributed by atoms with Gasteiger partial charge in [-0.1, -0.05) is 0 Å². The summed E-state index contributed by atoms with van der Waals surface area (Å²) >= 11 is 0. The number of methoxy groups -OCH3 is 2.